The number of para-hydroxylation sites is 1. The molecule has 2 aromatic rings. The van der Waals surface area contributed by atoms with Gasteiger partial charge in [0.2, 0.25) is 0 Å². The first kappa shape index (κ1) is 13.0. The molecule has 2 N–H and O–H groups in total. The van der Waals surface area contributed by atoms with Gasteiger partial charge in [0.05, 0.1) is 5.71 Å². The van der Waals surface area contributed by atoms with Crippen LogP contribution in [0, 0.1) is 0 Å². The molecule has 0 aromatic heterocycles. The number of carbonyl (C=O) groups excluding carboxylic acids is 1. The number of aliphatic hydroxyl groups is 1. The van der Waals surface area contributed by atoms with E-state index in [2.05, 4.69) is 10.5 Å². The zero-order valence-electron chi connectivity index (χ0n) is 11.7. The molecule has 2 aliphatic rings. The summed E-state index contributed by atoms with van der Waals surface area (Å²) in [5.74, 6) is -0.367. The first-order chi connectivity index (χ1) is 10.7. The van der Waals surface area contributed by atoms with Crippen molar-refractivity contribution in [1.29, 1.82) is 0 Å². The lowest BCUT2D eigenvalue weighted by Crippen LogP contribution is -2.51. The molecule has 22 heavy (non-hydrogen) atoms. The molecular formula is C17H14N2O3. The van der Waals surface area contributed by atoms with E-state index in [4.69, 9.17) is 4.84 Å². The minimum Gasteiger partial charge on any atom is -0.383 e. The smallest absolute Gasteiger partial charge is 0.275 e. The van der Waals surface area contributed by atoms with Gasteiger partial charge in [-0.25, -0.2) is 0 Å². The van der Waals surface area contributed by atoms with E-state index in [-0.39, 0.29) is 12.3 Å². The molecule has 2 aromatic carbocycles. The zero-order valence-corrected chi connectivity index (χ0v) is 11.7. The number of amides is 1. The summed E-state index contributed by atoms with van der Waals surface area (Å²) in [5.41, 5.74) is 1.42. The molecule has 5 nitrogen and oxygen atoms in total. The average molecular weight is 294 g/mol. The van der Waals surface area contributed by atoms with Crippen LogP contribution >= 0.6 is 0 Å². The van der Waals surface area contributed by atoms with Crippen LogP contribution in [0.15, 0.2) is 59.8 Å². The highest BCUT2D eigenvalue weighted by atomic mass is 16.7. The number of anilines is 1. The van der Waals surface area contributed by atoms with Gasteiger partial charge in [0.15, 0.2) is 0 Å². The molecule has 0 saturated heterocycles. The summed E-state index contributed by atoms with van der Waals surface area (Å²) < 4.78 is 0. The van der Waals surface area contributed by atoms with Crippen molar-refractivity contribution < 1.29 is 14.7 Å². The number of hydrogen-bond acceptors (Lipinski definition) is 4. The summed E-state index contributed by atoms with van der Waals surface area (Å²) in [6.45, 7) is 0. The second-order valence-electron chi connectivity index (χ2n) is 5.51. The Kier molecular flexibility index (Phi) is 2.77. The molecular weight excluding hydrogens is 280 g/mol. The highest BCUT2D eigenvalue weighted by molar-refractivity contribution is 6.09. The van der Waals surface area contributed by atoms with Crippen molar-refractivity contribution in [2.75, 3.05) is 5.32 Å². The summed E-state index contributed by atoms with van der Waals surface area (Å²) in [7, 11) is 0. The fourth-order valence-corrected chi connectivity index (χ4v) is 2.96. The third-order valence-corrected chi connectivity index (χ3v) is 4.19. The Morgan fingerprint density at radius 3 is 2.68 bits per heavy atom. The lowest BCUT2D eigenvalue weighted by atomic mass is 9.81. The topological polar surface area (TPSA) is 70.9 Å². The molecule has 0 saturated carbocycles. The Morgan fingerprint density at radius 2 is 1.86 bits per heavy atom. The quantitative estimate of drug-likeness (QED) is 0.847. The minimum absolute atomic E-state index is 0.234. The van der Waals surface area contributed by atoms with E-state index in [1.54, 1.807) is 12.1 Å². The van der Waals surface area contributed by atoms with Crippen molar-refractivity contribution in [3.63, 3.8) is 0 Å². The van der Waals surface area contributed by atoms with E-state index >= 15 is 0 Å². The van der Waals surface area contributed by atoms with Crippen LogP contribution in [0.25, 0.3) is 0 Å². The zero-order chi connectivity index (χ0) is 15.2. The second-order valence-corrected chi connectivity index (χ2v) is 5.51. The number of benzene rings is 2. The van der Waals surface area contributed by atoms with Crippen molar-refractivity contribution >= 4 is 17.3 Å². The summed E-state index contributed by atoms with van der Waals surface area (Å²) in [6, 6.07) is 16.7. The Balaban J connectivity index is 1.71. The minimum atomic E-state index is -1.39. The molecule has 2 aliphatic heterocycles. The first-order valence-corrected chi connectivity index (χ1v) is 7.10. The predicted molar refractivity (Wildman–Crippen MR) is 81.4 cm³/mol. The molecule has 0 aliphatic carbocycles. The van der Waals surface area contributed by atoms with Gasteiger partial charge in [-0.3, -0.25) is 4.79 Å². The van der Waals surface area contributed by atoms with Gasteiger partial charge in [-0.15, -0.1) is 0 Å². The van der Waals surface area contributed by atoms with Crippen LogP contribution in [0.3, 0.4) is 0 Å². The molecule has 0 unspecified atom stereocenters. The summed E-state index contributed by atoms with van der Waals surface area (Å²) >= 11 is 0. The van der Waals surface area contributed by atoms with Crippen LogP contribution in [0.1, 0.15) is 23.7 Å². The van der Waals surface area contributed by atoms with Crippen molar-refractivity contribution in [2.45, 2.75) is 18.1 Å². The number of fused-ring (bicyclic) bond motifs is 1. The maximum absolute atomic E-state index is 12.5. The largest absolute Gasteiger partial charge is 0.383 e. The second kappa shape index (κ2) is 4.68. The summed E-state index contributed by atoms with van der Waals surface area (Å²) in [4.78, 5) is 18.0. The van der Waals surface area contributed by atoms with E-state index in [1.165, 1.54) is 0 Å². The summed E-state index contributed by atoms with van der Waals surface area (Å²) in [5, 5.41) is 17.5. The van der Waals surface area contributed by atoms with Gasteiger partial charge < -0.3 is 15.3 Å². The van der Waals surface area contributed by atoms with Crippen LogP contribution in [0.5, 0.6) is 0 Å². The molecule has 1 spiro atoms. The average Bonchev–Trinajstić information content (AvgIpc) is 3.01. The first-order valence-electron chi connectivity index (χ1n) is 7.10. The number of aliphatic hydroxyl groups excluding tert-OH is 1. The molecule has 4 rings (SSSR count). The van der Waals surface area contributed by atoms with Crippen LogP contribution < -0.4 is 5.32 Å². The third-order valence-electron chi connectivity index (χ3n) is 4.19. The Morgan fingerprint density at radius 1 is 1.14 bits per heavy atom. The molecule has 0 radical (unpaired) electrons. The van der Waals surface area contributed by atoms with E-state index in [9.17, 15) is 9.90 Å². The van der Waals surface area contributed by atoms with Crippen molar-refractivity contribution in [2.24, 2.45) is 5.16 Å². The third kappa shape index (κ3) is 1.76. The van der Waals surface area contributed by atoms with E-state index in [0.717, 1.165) is 5.56 Å². The fraction of sp³-hybridized carbons (Fsp3) is 0.176. The number of carbonyl (C=O) groups is 1. The van der Waals surface area contributed by atoms with Crippen molar-refractivity contribution in [3.05, 3.63) is 65.7 Å². The molecule has 1 amide bonds. The number of nitrogens with one attached hydrogen (secondary N) is 1. The SMILES string of the molecule is O=C1Nc2ccccc2[C@@H](O)[C@]12CC(c1ccccc1)=NO2. The standard InChI is InChI=1S/C17H14N2O3/c20-15-12-8-4-5-9-13(12)18-16(21)17(15)10-14(19-22-17)11-6-2-1-3-7-11/h1-9,15,20H,10H2,(H,18,21)/t15-,17-/m1/s1. The molecule has 2 atom stereocenters. The highest BCUT2D eigenvalue weighted by Crippen LogP contribution is 2.44. The van der Waals surface area contributed by atoms with Crippen LogP contribution in [-0.2, 0) is 9.63 Å². The Hall–Kier alpha value is -2.66. The van der Waals surface area contributed by atoms with Crippen LogP contribution in [-0.4, -0.2) is 22.3 Å². The van der Waals surface area contributed by atoms with Gasteiger partial charge in [-0.05, 0) is 11.6 Å². The number of nitrogens with zero attached hydrogens (tertiary/aromatic N) is 1. The molecule has 0 fully saturated rings. The summed E-state index contributed by atoms with van der Waals surface area (Å²) in [6.07, 6.45) is -0.819. The predicted octanol–water partition coefficient (Wildman–Crippen LogP) is 2.24. The Bertz CT molecular complexity index is 772. The van der Waals surface area contributed by atoms with Gasteiger partial charge in [0.25, 0.3) is 11.5 Å². The van der Waals surface area contributed by atoms with E-state index < -0.39 is 11.7 Å². The maximum Gasteiger partial charge on any atom is 0.275 e. The van der Waals surface area contributed by atoms with Crippen molar-refractivity contribution in [3.8, 4) is 0 Å². The van der Waals surface area contributed by atoms with E-state index in [0.29, 0.717) is 17.0 Å². The van der Waals surface area contributed by atoms with Crippen LogP contribution in [0.4, 0.5) is 5.69 Å². The lowest BCUT2D eigenvalue weighted by Gasteiger charge is -2.35. The molecule has 2 heterocycles. The highest BCUT2D eigenvalue weighted by Gasteiger charge is 2.56. The van der Waals surface area contributed by atoms with Gasteiger partial charge >= 0.3 is 0 Å². The normalized spacial score (nSPS) is 26.1. The Labute approximate surface area is 127 Å². The molecule has 0 bridgehead atoms. The molecule has 110 valence electrons. The maximum atomic E-state index is 12.5. The van der Waals surface area contributed by atoms with Crippen LogP contribution in [0.2, 0.25) is 0 Å². The lowest BCUT2D eigenvalue weighted by molar-refractivity contribution is -0.156. The molecule has 5 heteroatoms. The fourth-order valence-electron chi connectivity index (χ4n) is 2.96. The van der Waals surface area contributed by atoms with Gasteiger partial charge in [-0.2, -0.15) is 0 Å². The number of rotatable bonds is 1. The van der Waals surface area contributed by atoms with Gasteiger partial charge in [-0.1, -0.05) is 53.7 Å². The van der Waals surface area contributed by atoms with Gasteiger partial charge in [0.1, 0.15) is 6.10 Å². The van der Waals surface area contributed by atoms with Crippen molar-refractivity contribution in [1.82, 2.24) is 0 Å². The monoisotopic (exact) mass is 294 g/mol. The van der Waals surface area contributed by atoms with Gasteiger partial charge in [0, 0.05) is 17.7 Å². The number of oxime groups is 1. The number of hydrogen-bond donors (Lipinski definition) is 2. The van der Waals surface area contributed by atoms with E-state index in [1.807, 2.05) is 42.5 Å².